The van der Waals surface area contributed by atoms with Gasteiger partial charge >= 0.3 is 0 Å². The molecule has 0 spiro atoms. The summed E-state index contributed by atoms with van der Waals surface area (Å²) in [7, 11) is 0. The van der Waals surface area contributed by atoms with Gasteiger partial charge in [-0.25, -0.2) is 0 Å². The summed E-state index contributed by atoms with van der Waals surface area (Å²) in [5.74, 6) is 4.09. The molecule has 3 fully saturated rings. The maximum atomic E-state index is 10.3. The van der Waals surface area contributed by atoms with Crippen LogP contribution in [-0.2, 0) is 0 Å². The fourth-order valence-electron chi connectivity index (χ4n) is 8.85. The lowest BCUT2D eigenvalue weighted by molar-refractivity contribution is -0.0427. The number of hydrogen-bond acceptors (Lipinski definition) is 1. The molecule has 170 valence electrons. The van der Waals surface area contributed by atoms with E-state index >= 15 is 0 Å². The van der Waals surface area contributed by atoms with Gasteiger partial charge in [0.25, 0.3) is 0 Å². The van der Waals surface area contributed by atoms with Crippen LogP contribution in [0.3, 0.4) is 0 Å². The highest BCUT2D eigenvalue weighted by molar-refractivity contribution is 5.27. The van der Waals surface area contributed by atoms with Gasteiger partial charge in [0.05, 0.1) is 6.10 Å². The number of allylic oxidation sites excluding steroid dienone is 4. The molecular weight excluding hydrogens is 364 g/mol. The van der Waals surface area contributed by atoms with Gasteiger partial charge in [0.15, 0.2) is 0 Å². The van der Waals surface area contributed by atoms with Crippen LogP contribution in [0.5, 0.6) is 0 Å². The summed E-state index contributed by atoms with van der Waals surface area (Å²) in [5.41, 5.74) is 6.09. The highest BCUT2D eigenvalue weighted by Gasteiger charge is 2.58. The largest absolute Gasteiger partial charge is 0.393 e. The van der Waals surface area contributed by atoms with E-state index in [0.717, 1.165) is 36.5 Å². The molecule has 0 radical (unpaired) electrons. The first-order valence-electron chi connectivity index (χ1n) is 13.2. The van der Waals surface area contributed by atoms with Crippen LogP contribution in [0.2, 0.25) is 0 Å². The van der Waals surface area contributed by atoms with E-state index in [4.69, 9.17) is 0 Å². The minimum absolute atomic E-state index is 0.0441. The van der Waals surface area contributed by atoms with E-state index < -0.39 is 0 Å². The van der Waals surface area contributed by atoms with Crippen molar-refractivity contribution in [3.63, 3.8) is 0 Å². The van der Waals surface area contributed by atoms with E-state index in [0.29, 0.717) is 16.7 Å². The summed E-state index contributed by atoms with van der Waals surface area (Å²) in [6.07, 6.45) is 16.8. The Morgan fingerprint density at radius 1 is 1.07 bits per heavy atom. The Balaban J connectivity index is 1.50. The molecule has 0 unspecified atom stereocenters. The Bertz CT molecular complexity index is 697. The molecule has 3 saturated carbocycles. The Morgan fingerprint density at radius 3 is 2.47 bits per heavy atom. The topological polar surface area (TPSA) is 20.2 Å². The molecule has 1 heteroatoms. The first-order valence-corrected chi connectivity index (χ1v) is 13.2. The lowest BCUT2D eigenvalue weighted by atomic mass is 9.47. The molecule has 30 heavy (non-hydrogen) atoms. The van der Waals surface area contributed by atoms with E-state index in [1.54, 1.807) is 11.1 Å². The van der Waals surface area contributed by atoms with Crippen LogP contribution in [0.15, 0.2) is 22.8 Å². The van der Waals surface area contributed by atoms with Gasteiger partial charge in [-0.1, -0.05) is 50.5 Å². The van der Waals surface area contributed by atoms with E-state index in [1.165, 1.54) is 57.8 Å². The highest BCUT2D eigenvalue weighted by atomic mass is 16.3. The molecule has 0 saturated heterocycles. The zero-order valence-electron chi connectivity index (χ0n) is 20.8. The first-order chi connectivity index (χ1) is 14.2. The van der Waals surface area contributed by atoms with Gasteiger partial charge in [-0.2, -0.15) is 0 Å². The average molecular weight is 413 g/mol. The average Bonchev–Trinajstić information content (AvgIpc) is 3.06. The molecule has 0 aromatic rings. The molecule has 0 aromatic carbocycles. The van der Waals surface area contributed by atoms with Crippen LogP contribution in [0.25, 0.3) is 0 Å². The predicted molar refractivity (Wildman–Crippen MR) is 128 cm³/mol. The number of rotatable bonds is 5. The third kappa shape index (κ3) is 3.66. The quantitative estimate of drug-likeness (QED) is 0.452. The lowest BCUT2D eigenvalue weighted by Crippen LogP contribution is -2.49. The van der Waals surface area contributed by atoms with Crippen LogP contribution in [0.1, 0.15) is 112 Å². The summed E-state index contributed by atoms with van der Waals surface area (Å²) in [6.45, 7) is 14.7. The molecule has 0 aromatic heterocycles. The fraction of sp³-hybridized carbons (Fsp3) is 0.862. The second-order valence-corrected chi connectivity index (χ2v) is 12.4. The van der Waals surface area contributed by atoms with Gasteiger partial charge in [0.2, 0.25) is 0 Å². The Labute approximate surface area is 186 Å². The molecule has 4 rings (SSSR count). The van der Waals surface area contributed by atoms with Crippen molar-refractivity contribution >= 4 is 0 Å². The van der Waals surface area contributed by atoms with E-state index in [9.17, 15) is 5.11 Å². The normalized spacial score (nSPS) is 43.8. The SMILES string of the molecule is CCC(CC[C@@H](C)[C@H]1CC[C@H]2C3=CC[C@@H]4C[C@@H](O)CC[C@]4(C)[C@H]3CC[C@]12C)=C(C)C. The van der Waals surface area contributed by atoms with Crippen molar-refractivity contribution in [1.29, 1.82) is 0 Å². The predicted octanol–water partition coefficient (Wildman–Crippen LogP) is 8.09. The summed E-state index contributed by atoms with van der Waals surface area (Å²) in [5, 5.41) is 10.3. The smallest absolute Gasteiger partial charge is 0.0543 e. The Hall–Kier alpha value is -0.560. The molecule has 0 aliphatic heterocycles. The molecule has 0 heterocycles. The standard InChI is InChI=1S/C29H48O/c1-7-21(19(2)3)9-8-20(4)25-12-13-26-24-11-10-22-18-23(30)14-16-28(22,5)27(24)15-17-29(25,26)6/h11,20,22-23,25-27,30H,7-10,12-18H2,1-6H3/t20-,22-,23+,25-,26+,27+,28+,29-/m1/s1. The second-order valence-electron chi connectivity index (χ2n) is 12.4. The molecule has 8 atom stereocenters. The summed E-state index contributed by atoms with van der Waals surface area (Å²) >= 11 is 0. The number of fused-ring (bicyclic) bond motifs is 5. The van der Waals surface area contributed by atoms with Gasteiger partial charge in [0, 0.05) is 0 Å². The lowest BCUT2D eigenvalue weighted by Gasteiger charge is -2.57. The van der Waals surface area contributed by atoms with Gasteiger partial charge in [0.1, 0.15) is 0 Å². The maximum Gasteiger partial charge on any atom is 0.0543 e. The van der Waals surface area contributed by atoms with Crippen LogP contribution < -0.4 is 0 Å². The van der Waals surface area contributed by atoms with Crippen molar-refractivity contribution in [2.24, 2.45) is 40.4 Å². The van der Waals surface area contributed by atoms with Gasteiger partial charge in [-0.05, 0) is 125 Å². The van der Waals surface area contributed by atoms with Crippen molar-refractivity contribution < 1.29 is 5.11 Å². The number of aliphatic hydroxyl groups excluding tert-OH is 1. The number of aliphatic hydroxyl groups is 1. The van der Waals surface area contributed by atoms with Crippen LogP contribution in [-0.4, -0.2) is 11.2 Å². The van der Waals surface area contributed by atoms with Crippen molar-refractivity contribution in [3.05, 3.63) is 22.8 Å². The maximum absolute atomic E-state index is 10.3. The zero-order valence-corrected chi connectivity index (χ0v) is 20.8. The molecular formula is C29H48O. The molecule has 1 nitrogen and oxygen atoms in total. The van der Waals surface area contributed by atoms with Crippen LogP contribution in [0, 0.1) is 40.4 Å². The second kappa shape index (κ2) is 8.42. The molecule has 0 bridgehead atoms. The van der Waals surface area contributed by atoms with E-state index in [2.05, 4.69) is 47.6 Å². The van der Waals surface area contributed by atoms with Crippen molar-refractivity contribution in [2.75, 3.05) is 0 Å². The molecule has 0 amide bonds. The third-order valence-electron chi connectivity index (χ3n) is 10.8. The zero-order chi connectivity index (χ0) is 21.7. The fourth-order valence-corrected chi connectivity index (χ4v) is 8.85. The summed E-state index contributed by atoms with van der Waals surface area (Å²) < 4.78 is 0. The monoisotopic (exact) mass is 412 g/mol. The molecule has 4 aliphatic rings. The Kier molecular flexibility index (Phi) is 6.35. The summed E-state index contributed by atoms with van der Waals surface area (Å²) in [6, 6.07) is 0. The van der Waals surface area contributed by atoms with Gasteiger partial charge < -0.3 is 5.11 Å². The van der Waals surface area contributed by atoms with Crippen molar-refractivity contribution in [3.8, 4) is 0 Å². The van der Waals surface area contributed by atoms with Crippen molar-refractivity contribution in [2.45, 2.75) is 118 Å². The number of hydrogen-bond donors (Lipinski definition) is 1. The minimum atomic E-state index is -0.0441. The van der Waals surface area contributed by atoms with Crippen LogP contribution in [0.4, 0.5) is 0 Å². The Morgan fingerprint density at radius 2 is 1.77 bits per heavy atom. The van der Waals surface area contributed by atoms with E-state index in [-0.39, 0.29) is 6.10 Å². The minimum Gasteiger partial charge on any atom is -0.393 e. The summed E-state index contributed by atoms with van der Waals surface area (Å²) in [4.78, 5) is 0. The molecule has 4 aliphatic carbocycles. The van der Waals surface area contributed by atoms with Crippen molar-refractivity contribution in [1.82, 2.24) is 0 Å². The first kappa shape index (κ1) is 22.6. The highest BCUT2D eigenvalue weighted by Crippen LogP contribution is 2.67. The molecule has 1 N–H and O–H groups in total. The van der Waals surface area contributed by atoms with E-state index in [1.807, 2.05) is 5.57 Å². The van der Waals surface area contributed by atoms with Gasteiger partial charge in [-0.15, -0.1) is 0 Å². The third-order valence-corrected chi connectivity index (χ3v) is 10.8. The van der Waals surface area contributed by atoms with Gasteiger partial charge in [-0.3, -0.25) is 0 Å². The van der Waals surface area contributed by atoms with Crippen LogP contribution >= 0.6 is 0 Å².